The highest BCUT2D eigenvalue weighted by Crippen LogP contribution is 2.36. The molecule has 1 saturated heterocycles. The van der Waals surface area contributed by atoms with Gasteiger partial charge in [-0.05, 0) is 43.9 Å². The van der Waals surface area contributed by atoms with Gasteiger partial charge in [-0.1, -0.05) is 6.07 Å². The largest absolute Gasteiger partial charge is 0.446 e. The molecule has 60 heavy (non-hydrogen) atoms. The van der Waals surface area contributed by atoms with Crippen molar-refractivity contribution in [3.63, 3.8) is 0 Å². The fraction of sp³-hybridized carbons (Fsp3) is 0.538. The molecule has 2 aliphatic heterocycles. The fourth-order valence-corrected chi connectivity index (χ4v) is 7.18. The van der Waals surface area contributed by atoms with E-state index in [1.807, 2.05) is 0 Å². The summed E-state index contributed by atoms with van der Waals surface area (Å²) in [7, 11) is 3.25. The monoisotopic (exact) mass is 837 g/mol. The summed E-state index contributed by atoms with van der Waals surface area (Å²) in [6.07, 6.45) is 1.55. The summed E-state index contributed by atoms with van der Waals surface area (Å²) in [5.41, 5.74) is 2.75. The van der Waals surface area contributed by atoms with Gasteiger partial charge in [-0.3, -0.25) is 44.0 Å². The SMILES string of the molecule is COCc1cc(C(=O)Nc2cc([C@H]3CC[C@@H](OC(=O)NCCOCCOCCOCCOCCNc4cccc5c4C(=O)N(C4CCC(=O)NC4=O)C5=O)C3)[nH]n2)n(C)n1. The first-order valence-electron chi connectivity index (χ1n) is 19.8. The minimum absolute atomic E-state index is 0.0538. The topological polar surface area (TPSA) is 256 Å². The Morgan fingerprint density at radius 2 is 1.60 bits per heavy atom. The molecule has 3 atom stereocenters. The maximum Gasteiger partial charge on any atom is 0.407 e. The van der Waals surface area contributed by atoms with Crippen LogP contribution in [0.3, 0.4) is 0 Å². The number of H-pyrrole nitrogens is 1. The van der Waals surface area contributed by atoms with E-state index in [0.29, 0.717) is 102 Å². The molecule has 0 bridgehead atoms. The second-order valence-electron chi connectivity index (χ2n) is 14.3. The quantitative estimate of drug-likeness (QED) is 0.0670. The number of carbonyl (C=O) groups is 6. The van der Waals surface area contributed by atoms with Crippen LogP contribution in [0.25, 0.3) is 0 Å². The highest BCUT2D eigenvalue weighted by atomic mass is 16.6. The zero-order valence-corrected chi connectivity index (χ0v) is 33.6. The van der Waals surface area contributed by atoms with Crippen molar-refractivity contribution in [1.29, 1.82) is 0 Å². The van der Waals surface area contributed by atoms with Gasteiger partial charge in [-0.2, -0.15) is 10.2 Å². The van der Waals surface area contributed by atoms with Crippen molar-refractivity contribution in [1.82, 2.24) is 35.5 Å². The molecular formula is C39H51N9O12. The van der Waals surface area contributed by atoms with E-state index >= 15 is 0 Å². The summed E-state index contributed by atoms with van der Waals surface area (Å²) >= 11 is 0. The van der Waals surface area contributed by atoms with Crippen molar-refractivity contribution in [2.24, 2.45) is 7.05 Å². The summed E-state index contributed by atoms with van der Waals surface area (Å²) < 4.78 is 34.3. The maximum atomic E-state index is 13.2. The van der Waals surface area contributed by atoms with Crippen LogP contribution in [0.15, 0.2) is 30.3 Å². The number of aromatic nitrogens is 4. The van der Waals surface area contributed by atoms with Gasteiger partial charge in [-0.25, -0.2) is 4.79 Å². The molecule has 2 aromatic heterocycles. The Balaban J connectivity index is 0.737. The second-order valence-corrected chi connectivity index (χ2v) is 14.3. The van der Waals surface area contributed by atoms with Crippen molar-refractivity contribution in [2.45, 2.75) is 56.8 Å². The first-order chi connectivity index (χ1) is 29.1. The third kappa shape index (κ3) is 11.5. The maximum absolute atomic E-state index is 13.2. The van der Waals surface area contributed by atoms with Crippen molar-refractivity contribution in [3.8, 4) is 0 Å². The van der Waals surface area contributed by atoms with Crippen LogP contribution in [0.5, 0.6) is 0 Å². The van der Waals surface area contributed by atoms with Gasteiger partial charge < -0.3 is 44.4 Å². The lowest BCUT2D eigenvalue weighted by molar-refractivity contribution is -0.136. The Morgan fingerprint density at radius 3 is 2.32 bits per heavy atom. The molecule has 0 spiro atoms. The number of carbonyl (C=O) groups excluding carboxylic acids is 6. The number of nitrogens with zero attached hydrogens (tertiary/aromatic N) is 4. The lowest BCUT2D eigenvalue weighted by Crippen LogP contribution is -2.54. The highest BCUT2D eigenvalue weighted by Gasteiger charge is 2.45. The third-order valence-corrected chi connectivity index (χ3v) is 10.1. The number of hydrogen-bond donors (Lipinski definition) is 5. The van der Waals surface area contributed by atoms with Crippen LogP contribution in [0.4, 0.5) is 16.3 Å². The molecule has 2 fully saturated rings. The normalized spacial score (nSPS) is 18.8. The van der Waals surface area contributed by atoms with Crippen molar-refractivity contribution >= 4 is 47.1 Å². The number of ether oxygens (including phenoxy) is 6. The molecule has 21 heteroatoms. The number of hydrogen-bond acceptors (Lipinski definition) is 15. The van der Waals surface area contributed by atoms with E-state index in [-0.39, 0.29) is 48.4 Å². The van der Waals surface area contributed by atoms with Crippen molar-refractivity contribution < 1.29 is 57.2 Å². The van der Waals surface area contributed by atoms with Crippen LogP contribution in [-0.4, -0.2) is 146 Å². The van der Waals surface area contributed by atoms with Crippen LogP contribution in [0, 0.1) is 0 Å². The van der Waals surface area contributed by atoms with Crippen LogP contribution in [0.2, 0.25) is 0 Å². The third-order valence-electron chi connectivity index (χ3n) is 10.1. The van der Waals surface area contributed by atoms with Gasteiger partial charge in [0.05, 0.1) is 76.3 Å². The Kier molecular flexibility index (Phi) is 15.7. The van der Waals surface area contributed by atoms with Crippen molar-refractivity contribution in [2.75, 3.05) is 83.7 Å². The molecule has 5 N–H and O–H groups in total. The molecule has 6 amide bonds. The minimum atomic E-state index is -1.03. The summed E-state index contributed by atoms with van der Waals surface area (Å²) in [5, 5.41) is 22.3. The second kappa shape index (κ2) is 21.5. The number of fused-ring (bicyclic) bond motifs is 1. The van der Waals surface area contributed by atoms with Crippen LogP contribution < -0.4 is 21.3 Å². The predicted molar refractivity (Wildman–Crippen MR) is 210 cm³/mol. The number of methoxy groups -OCH3 is 1. The first kappa shape index (κ1) is 43.8. The lowest BCUT2D eigenvalue weighted by Gasteiger charge is -2.27. The summed E-state index contributed by atoms with van der Waals surface area (Å²) in [6, 6.07) is 7.32. The summed E-state index contributed by atoms with van der Waals surface area (Å²) in [4.78, 5) is 76.0. The van der Waals surface area contributed by atoms with Crippen LogP contribution in [-0.2, 0) is 51.7 Å². The number of rotatable bonds is 23. The van der Waals surface area contributed by atoms with Crippen molar-refractivity contribution in [3.05, 3.63) is 58.5 Å². The molecule has 1 aliphatic carbocycles. The number of benzene rings is 1. The molecule has 1 aromatic carbocycles. The van der Waals surface area contributed by atoms with E-state index in [1.165, 1.54) is 4.68 Å². The number of alkyl carbamates (subject to hydrolysis) is 1. The fourth-order valence-electron chi connectivity index (χ4n) is 7.18. The Bertz CT molecular complexity index is 2000. The predicted octanol–water partition coefficient (Wildman–Crippen LogP) is 1.48. The van der Waals surface area contributed by atoms with Gasteiger partial charge in [0.25, 0.3) is 17.7 Å². The molecule has 0 radical (unpaired) electrons. The molecule has 6 rings (SSSR count). The number of aromatic amines is 1. The number of nitrogens with one attached hydrogen (secondary N) is 5. The molecule has 1 unspecified atom stereocenters. The van der Waals surface area contributed by atoms with Gasteiger partial charge in [0.1, 0.15) is 17.8 Å². The molecule has 4 heterocycles. The Hall–Kier alpha value is -5.74. The molecule has 3 aliphatic rings. The van der Waals surface area contributed by atoms with E-state index in [9.17, 15) is 28.8 Å². The van der Waals surface area contributed by atoms with E-state index in [2.05, 4.69) is 36.6 Å². The van der Waals surface area contributed by atoms with E-state index in [0.717, 1.165) is 17.0 Å². The van der Waals surface area contributed by atoms with E-state index in [4.69, 9.17) is 28.4 Å². The first-order valence-corrected chi connectivity index (χ1v) is 19.8. The molecular weight excluding hydrogens is 786 g/mol. The Morgan fingerprint density at radius 1 is 0.883 bits per heavy atom. The minimum Gasteiger partial charge on any atom is -0.446 e. The summed E-state index contributed by atoms with van der Waals surface area (Å²) in [6.45, 7) is 3.71. The zero-order valence-electron chi connectivity index (χ0n) is 33.6. The van der Waals surface area contributed by atoms with Gasteiger partial charge in [0.2, 0.25) is 11.8 Å². The van der Waals surface area contributed by atoms with Gasteiger partial charge >= 0.3 is 6.09 Å². The number of aryl methyl sites for hydroxylation is 1. The zero-order chi connectivity index (χ0) is 42.4. The summed E-state index contributed by atoms with van der Waals surface area (Å²) in [5.74, 6) is -2.04. The lowest BCUT2D eigenvalue weighted by atomic mass is 10.0. The average molecular weight is 838 g/mol. The number of amides is 6. The van der Waals surface area contributed by atoms with Gasteiger partial charge in [0, 0.05) is 57.0 Å². The molecule has 1 saturated carbocycles. The number of piperidine rings is 1. The average Bonchev–Trinajstić information content (AvgIpc) is 4.02. The van der Waals surface area contributed by atoms with Crippen LogP contribution in [0.1, 0.15) is 80.6 Å². The Labute approximate surface area is 345 Å². The highest BCUT2D eigenvalue weighted by molar-refractivity contribution is 6.25. The molecule has 324 valence electrons. The standard InChI is InChI=1S/C39H51N9O12/c1-47-31(21-25(46-47)23-55-2)36(51)42-32-22-29(44-45-32)24-6-7-26(20-24)60-39(54)41-11-13-57-15-17-59-19-18-58-16-14-56-12-10-40-28-5-3-4-27-34(28)38(53)48(37(27)52)30-8-9-33(49)43-35(30)50/h3-5,21-22,24,26,30,40H,6-20,23H2,1-2H3,(H,41,54)(H,43,49,50)(H2,42,44,45,51)/t24-,26+,30?/m0/s1. The van der Waals surface area contributed by atoms with E-state index < -0.39 is 35.8 Å². The smallest absolute Gasteiger partial charge is 0.407 e. The van der Waals surface area contributed by atoms with E-state index in [1.54, 1.807) is 44.5 Å². The van der Waals surface area contributed by atoms with Crippen LogP contribution >= 0.6 is 0 Å². The van der Waals surface area contributed by atoms with Gasteiger partial charge in [0.15, 0.2) is 5.82 Å². The van der Waals surface area contributed by atoms with Gasteiger partial charge in [-0.15, -0.1) is 0 Å². The number of imide groups is 2. The number of anilines is 2. The molecule has 3 aromatic rings. The molecule has 21 nitrogen and oxygen atoms in total.